The maximum absolute atomic E-state index is 6.48. The minimum atomic E-state index is -0.414. The molecule has 1 aliphatic rings. The molecule has 2 N–H and O–H groups in total. The van der Waals surface area contributed by atoms with Gasteiger partial charge in [-0.05, 0) is 37.0 Å². The zero-order chi connectivity index (χ0) is 12.8. The van der Waals surface area contributed by atoms with Gasteiger partial charge in [0.2, 0.25) is 5.89 Å². The van der Waals surface area contributed by atoms with Gasteiger partial charge in [-0.1, -0.05) is 31.4 Å². The fourth-order valence-corrected chi connectivity index (χ4v) is 3.07. The smallest absolute Gasteiger partial charge is 0.215 e. The molecule has 0 radical (unpaired) electrons. The average Bonchev–Trinajstić information content (AvgIpc) is 2.72. The highest BCUT2D eigenvalue weighted by atomic mass is 35.5. The summed E-state index contributed by atoms with van der Waals surface area (Å²) in [5.41, 5.74) is 7.62. The Morgan fingerprint density at radius 2 is 2.33 bits per heavy atom. The first-order valence-corrected chi connectivity index (χ1v) is 6.80. The number of nitrogens with two attached hydrogens (primary N) is 1. The predicted molar refractivity (Wildman–Crippen MR) is 72.5 cm³/mol. The van der Waals surface area contributed by atoms with E-state index in [0.29, 0.717) is 16.8 Å². The van der Waals surface area contributed by atoms with Crippen LogP contribution < -0.4 is 5.73 Å². The minimum Gasteiger partial charge on any atom is -0.439 e. The molecule has 0 saturated heterocycles. The van der Waals surface area contributed by atoms with E-state index in [9.17, 15) is 0 Å². The van der Waals surface area contributed by atoms with Gasteiger partial charge in [0.05, 0.1) is 5.54 Å². The molecular weight excluding hydrogens is 248 g/mol. The summed E-state index contributed by atoms with van der Waals surface area (Å²) in [4.78, 5) is 4.53. The molecule has 1 aromatic carbocycles. The molecule has 3 nitrogen and oxygen atoms in total. The van der Waals surface area contributed by atoms with Crippen molar-refractivity contribution in [1.82, 2.24) is 4.98 Å². The van der Waals surface area contributed by atoms with Crippen molar-refractivity contribution in [3.8, 4) is 0 Å². The van der Waals surface area contributed by atoms with E-state index in [4.69, 9.17) is 21.8 Å². The number of rotatable bonds is 1. The lowest BCUT2D eigenvalue weighted by atomic mass is 9.77. The van der Waals surface area contributed by atoms with Gasteiger partial charge in [-0.25, -0.2) is 4.98 Å². The standard InChI is InChI=1S/C14H17ClN2O/c1-9-3-2-6-14(16,8-9)13-17-11-7-10(15)4-5-12(11)18-13/h4-5,7,9H,2-3,6,8,16H2,1H3. The molecule has 2 aromatic rings. The van der Waals surface area contributed by atoms with Gasteiger partial charge in [0.15, 0.2) is 5.58 Å². The highest BCUT2D eigenvalue weighted by Crippen LogP contribution is 2.38. The van der Waals surface area contributed by atoms with Crippen LogP contribution in [-0.4, -0.2) is 4.98 Å². The van der Waals surface area contributed by atoms with Crippen LogP contribution in [0.1, 0.15) is 38.5 Å². The van der Waals surface area contributed by atoms with Crippen LogP contribution in [0.15, 0.2) is 22.6 Å². The minimum absolute atomic E-state index is 0.414. The maximum Gasteiger partial charge on any atom is 0.215 e. The second-order valence-corrected chi connectivity index (χ2v) is 5.93. The van der Waals surface area contributed by atoms with Gasteiger partial charge in [0.1, 0.15) is 5.52 Å². The van der Waals surface area contributed by atoms with Crippen molar-refractivity contribution in [1.29, 1.82) is 0 Å². The summed E-state index contributed by atoms with van der Waals surface area (Å²) in [7, 11) is 0. The molecule has 1 fully saturated rings. The van der Waals surface area contributed by atoms with E-state index in [1.807, 2.05) is 18.2 Å². The Labute approximate surface area is 111 Å². The molecule has 4 heteroatoms. The molecule has 1 aromatic heterocycles. The highest BCUT2D eigenvalue weighted by Gasteiger charge is 2.37. The van der Waals surface area contributed by atoms with Crippen molar-refractivity contribution in [2.75, 3.05) is 0 Å². The Morgan fingerprint density at radius 1 is 1.50 bits per heavy atom. The van der Waals surface area contributed by atoms with Crippen molar-refractivity contribution in [2.45, 2.75) is 38.1 Å². The summed E-state index contributed by atoms with van der Waals surface area (Å²) in [6, 6.07) is 5.48. The largest absolute Gasteiger partial charge is 0.439 e. The zero-order valence-electron chi connectivity index (χ0n) is 10.4. The maximum atomic E-state index is 6.48. The van der Waals surface area contributed by atoms with Crippen LogP contribution in [0.5, 0.6) is 0 Å². The highest BCUT2D eigenvalue weighted by molar-refractivity contribution is 6.31. The molecule has 0 amide bonds. The second-order valence-electron chi connectivity index (χ2n) is 5.49. The first-order valence-electron chi connectivity index (χ1n) is 6.42. The Morgan fingerprint density at radius 3 is 3.11 bits per heavy atom. The van der Waals surface area contributed by atoms with Gasteiger partial charge in [-0.3, -0.25) is 0 Å². The van der Waals surface area contributed by atoms with E-state index in [1.54, 1.807) is 0 Å². The molecule has 2 unspecified atom stereocenters. The number of nitrogens with zero attached hydrogens (tertiary/aromatic N) is 1. The molecule has 2 atom stereocenters. The summed E-state index contributed by atoms with van der Waals surface area (Å²) >= 11 is 5.96. The fraction of sp³-hybridized carbons (Fsp3) is 0.500. The van der Waals surface area contributed by atoms with Crippen LogP contribution >= 0.6 is 11.6 Å². The van der Waals surface area contributed by atoms with Crippen LogP contribution in [0.3, 0.4) is 0 Å². The molecule has 3 rings (SSSR count). The molecule has 0 spiro atoms. The lowest BCUT2D eigenvalue weighted by molar-refractivity contribution is 0.201. The van der Waals surface area contributed by atoms with Crippen molar-refractivity contribution in [3.05, 3.63) is 29.1 Å². The summed E-state index contributed by atoms with van der Waals surface area (Å²) in [6.07, 6.45) is 4.26. The lowest BCUT2D eigenvalue weighted by Gasteiger charge is -2.33. The number of aromatic nitrogens is 1. The van der Waals surface area contributed by atoms with Gasteiger partial charge in [-0.15, -0.1) is 0 Å². The van der Waals surface area contributed by atoms with E-state index < -0.39 is 5.54 Å². The van der Waals surface area contributed by atoms with Crippen LogP contribution in [-0.2, 0) is 5.54 Å². The van der Waals surface area contributed by atoms with Crippen molar-refractivity contribution >= 4 is 22.7 Å². The molecule has 18 heavy (non-hydrogen) atoms. The fourth-order valence-electron chi connectivity index (χ4n) is 2.90. The van der Waals surface area contributed by atoms with Crippen LogP contribution in [0, 0.1) is 5.92 Å². The van der Waals surface area contributed by atoms with Crippen molar-refractivity contribution in [3.63, 3.8) is 0 Å². The summed E-state index contributed by atoms with van der Waals surface area (Å²) < 4.78 is 5.82. The van der Waals surface area contributed by atoms with Gasteiger partial charge in [-0.2, -0.15) is 0 Å². The van der Waals surface area contributed by atoms with Gasteiger partial charge in [0, 0.05) is 5.02 Å². The van der Waals surface area contributed by atoms with Gasteiger partial charge in [0.25, 0.3) is 0 Å². The Balaban J connectivity index is 2.03. The van der Waals surface area contributed by atoms with Gasteiger partial charge < -0.3 is 10.2 Å². The average molecular weight is 265 g/mol. The SMILES string of the molecule is CC1CCCC(N)(c2nc3cc(Cl)ccc3o2)C1. The summed E-state index contributed by atoms with van der Waals surface area (Å²) in [6.45, 7) is 2.24. The zero-order valence-corrected chi connectivity index (χ0v) is 11.2. The predicted octanol–water partition coefficient (Wildman–Crippen LogP) is 3.85. The number of benzene rings is 1. The number of oxazole rings is 1. The Kier molecular flexibility index (Phi) is 2.83. The summed E-state index contributed by atoms with van der Waals surface area (Å²) in [5.74, 6) is 1.29. The molecule has 0 bridgehead atoms. The first-order chi connectivity index (χ1) is 8.57. The molecule has 1 saturated carbocycles. The van der Waals surface area contributed by atoms with Crippen LogP contribution in [0.2, 0.25) is 5.02 Å². The molecule has 96 valence electrons. The second kappa shape index (κ2) is 4.25. The third-order valence-corrected chi connectivity index (χ3v) is 4.04. The number of hydrogen-bond donors (Lipinski definition) is 1. The lowest BCUT2D eigenvalue weighted by Crippen LogP contribution is -2.41. The quantitative estimate of drug-likeness (QED) is 0.851. The topological polar surface area (TPSA) is 52.0 Å². The summed E-state index contributed by atoms with van der Waals surface area (Å²) in [5, 5.41) is 0.672. The van der Waals surface area contributed by atoms with E-state index in [-0.39, 0.29) is 0 Å². The molecule has 1 aliphatic carbocycles. The molecule has 1 heterocycles. The monoisotopic (exact) mass is 264 g/mol. The first kappa shape index (κ1) is 12.0. The van der Waals surface area contributed by atoms with E-state index in [2.05, 4.69) is 11.9 Å². The van der Waals surface area contributed by atoms with Crippen LogP contribution in [0.4, 0.5) is 0 Å². The number of hydrogen-bond acceptors (Lipinski definition) is 3. The van der Waals surface area contributed by atoms with Crippen molar-refractivity contribution < 1.29 is 4.42 Å². The van der Waals surface area contributed by atoms with E-state index in [0.717, 1.165) is 30.4 Å². The number of halogens is 1. The van der Waals surface area contributed by atoms with Gasteiger partial charge >= 0.3 is 0 Å². The van der Waals surface area contributed by atoms with E-state index >= 15 is 0 Å². The van der Waals surface area contributed by atoms with Crippen LogP contribution in [0.25, 0.3) is 11.1 Å². The van der Waals surface area contributed by atoms with Crippen molar-refractivity contribution in [2.24, 2.45) is 11.7 Å². The Hall–Kier alpha value is -1.06. The number of fused-ring (bicyclic) bond motifs is 1. The third-order valence-electron chi connectivity index (χ3n) is 3.81. The third kappa shape index (κ3) is 2.02. The molecule has 0 aliphatic heterocycles. The Bertz CT molecular complexity index is 580. The molecular formula is C14H17ClN2O. The van der Waals surface area contributed by atoms with E-state index in [1.165, 1.54) is 6.42 Å². The normalized spacial score (nSPS) is 28.7.